The SMILES string of the molecule is CCCNC1CCCN(C(C)c2ccc(Br)cc2)C1=O. The minimum atomic E-state index is 0.00148. The van der Waals surface area contributed by atoms with E-state index in [0.717, 1.165) is 36.8 Å². The van der Waals surface area contributed by atoms with Gasteiger partial charge < -0.3 is 10.2 Å². The lowest BCUT2D eigenvalue weighted by Gasteiger charge is -2.37. The summed E-state index contributed by atoms with van der Waals surface area (Å²) in [5, 5.41) is 3.37. The largest absolute Gasteiger partial charge is 0.335 e. The van der Waals surface area contributed by atoms with Gasteiger partial charge in [-0.15, -0.1) is 0 Å². The van der Waals surface area contributed by atoms with Gasteiger partial charge in [0.25, 0.3) is 0 Å². The summed E-state index contributed by atoms with van der Waals surface area (Å²) < 4.78 is 1.07. The van der Waals surface area contributed by atoms with Gasteiger partial charge in [0.05, 0.1) is 12.1 Å². The highest BCUT2D eigenvalue weighted by Gasteiger charge is 2.31. The Morgan fingerprint density at radius 1 is 1.40 bits per heavy atom. The predicted octanol–water partition coefficient (Wildman–Crippen LogP) is 3.50. The number of benzene rings is 1. The Labute approximate surface area is 129 Å². The summed E-state index contributed by atoms with van der Waals surface area (Å²) >= 11 is 3.45. The third-order valence-corrected chi connectivity index (χ3v) is 4.46. The summed E-state index contributed by atoms with van der Waals surface area (Å²) in [4.78, 5) is 14.6. The number of nitrogens with zero attached hydrogens (tertiary/aromatic N) is 1. The van der Waals surface area contributed by atoms with Crippen LogP contribution in [0.4, 0.5) is 0 Å². The molecule has 1 N–H and O–H groups in total. The van der Waals surface area contributed by atoms with Crippen molar-refractivity contribution in [1.29, 1.82) is 0 Å². The van der Waals surface area contributed by atoms with Crippen molar-refractivity contribution >= 4 is 21.8 Å². The summed E-state index contributed by atoms with van der Waals surface area (Å²) in [5.74, 6) is 0.250. The van der Waals surface area contributed by atoms with Gasteiger partial charge in [-0.05, 0) is 50.4 Å². The third-order valence-electron chi connectivity index (χ3n) is 3.93. The lowest BCUT2D eigenvalue weighted by Crippen LogP contribution is -2.51. The molecule has 1 saturated heterocycles. The van der Waals surface area contributed by atoms with Crippen molar-refractivity contribution in [3.8, 4) is 0 Å². The van der Waals surface area contributed by atoms with Crippen molar-refractivity contribution in [1.82, 2.24) is 10.2 Å². The van der Waals surface area contributed by atoms with E-state index in [9.17, 15) is 4.79 Å². The summed E-state index contributed by atoms with van der Waals surface area (Å²) in [6.45, 7) is 6.02. The fourth-order valence-electron chi connectivity index (χ4n) is 2.71. The first-order valence-electron chi connectivity index (χ1n) is 7.42. The Balaban J connectivity index is 2.06. The van der Waals surface area contributed by atoms with Crippen LogP contribution >= 0.6 is 15.9 Å². The number of carbonyl (C=O) groups is 1. The zero-order valence-corrected chi connectivity index (χ0v) is 13.8. The summed E-state index contributed by atoms with van der Waals surface area (Å²) in [6.07, 6.45) is 3.10. The van der Waals surface area contributed by atoms with Crippen LogP contribution in [0.2, 0.25) is 0 Å². The lowest BCUT2D eigenvalue weighted by molar-refractivity contribution is -0.138. The Bertz CT molecular complexity index is 446. The highest BCUT2D eigenvalue weighted by atomic mass is 79.9. The van der Waals surface area contributed by atoms with Gasteiger partial charge >= 0.3 is 0 Å². The van der Waals surface area contributed by atoms with Crippen LogP contribution in [-0.4, -0.2) is 29.9 Å². The van der Waals surface area contributed by atoms with Gasteiger partial charge in [-0.3, -0.25) is 4.79 Å². The topological polar surface area (TPSA) is 32.3 Å². The number of likely N-dealkylation sites (tertiary alicyclic amines) is 1. The molecule has 0 bridgehead atoms. The van der Waals surface area contributed by atoms with Crippen LogP contribution in [0.3, 0.4) is 0 Å². The van der Waals surface area contributed by atoms with E-state index in [1.165, 1.54) is 5.56 Å². The molecule has 110 valence electrons. The van der Waals surface area contributed by atoms with Crippen LogP contribution in [0.25, 0.3) is 0 Å². The standard InChI is InChI=1S/C16H23BrN2O/c1-3-10-18-15-5-4-11-19(16(15)20)12(2)13-6-8-14(17)9-7-13/h6-9,12,15,18H,3-5,10-11H2,1-2H3. The maximum atomic E-state index is 12.6. The van der Waals surface area contributed by atoms with Crippen LogP contribution in [0.5, 0.6) is 0 Å². The van der Waals surface area contributed by atoms with Crippen molar-refractivity contribution in [2.45, 2.75) is 45.2 Å². The van der Waals surface area contributed by atoms with E-state index in [1.807, 2.05) is 17.0 Å². The molecule has 1 fully saturated rings. The molecular formula is C16H23BrN2O. The first kappa shape index (κ1) is 15.5. The molecule has 0 radical (unpaired) electrons. The Hall–Kier alpha value is -0.870. The molecule has 1 aliphatic heterocycles. The quantitative estimate of drug-likeness (QED) is 0.891. The predicted molar refractivity (Wildman–Crippen MR) is 85.6 cm³/mol. The molecule has 2 rings (SSSR count). The highest BCUT2D eigenvalue weighted by molar-refractivity contribution is 9.10. The van der Waals surface area contributed by atoms with E-state index in [2.05, 4.69) is 47.2 Å². The van der Waals surface area contributed by atoms with Gasteiger partial charge in [0.15, 0.2) is 0 Å². The summed E-state index contributed by atoms with van der Waals surface area (Å²) in [5.41, 5.74) is 1.19. The van der Waals surface area contributed by atoms with E-state index >= 15 is 0 Å². The Morgan fingerprint density at radius 2 is 2.10 bits per heavy atom. The number of nitrogens with one attached hydrogen (secondary N) is 1. The smallest absolute Gasteiger partial charge is 0.240 e. The maximum absolute atomic E-state index is 12.6. The van der Waals surface area contributed by atoms with Gasteiger partial charge in [-0.1, -0.05) is 35.0 Å². The van der Waals surface area contributed by atoms with Crippen molar-refractivity contribution in [2.24, 2.45) is 0 Å². The Kier molecular flexibility index (Phi) is 5.61. The number of carbonyl (C=O) groups excluding carboxylic acids is 1. The van der Waals surface area contributed by atoms with Crippen molar-refractivity contribution in [2.75, 3.05) is 13.1 Å². The molecule has 1 aromatic carbocycles. The average Bonchev–Trinajstić information content (AvgIpc) is 2.46. The number of amides is 1. The number of hydrogen-bond acceptors (Lipinski definition) is 2. The van der Waals surface area contributed by atoms with Crippen LogP contribution in [-0.2, 0) is 4.79 Å². The second-order valence-electron chi connectivity index (χ2n) is 5.41. The van der Waals surface area contributed by atoms with E-state index in [0.29, 0.717) is 0 Å². The van der Waals surface area contributed by atoms with Crippen molar-refractivity contribution < 1.29 is 4.79 Å². The normalized spacial score (nSPS) is 21.1. The molecule has 1 aromatic rings. The van der Waals surface area contributed by atoms with Crippen LogP contribution in [0.15, 0.2) is 28.7 Å². The highest BCUT2D eigenvalue weighted by Crippen LogP contribution is 2.26. The summed E-state index contributed by atoms with van der Waals surface area (Å²) in [7, 11) is 0. The summed E-state index contributed by atoms with van der Waals surface area (Å²) in [6, 6.07) is 8.39. The second-order valence-corrected chi connectivity index (χ2v) is 6.32. The number of halogens is 1. The van der Waals surface area contributed by atoms with E-state index in [1.54, 1.807) is 0 Å². The molecular weight excluding hydrogens is 316 g/mol. The van der Waals surface area contributed by atoms with Crippen molar-refractivity contribution in [3.63, 3.8) is 0 Å². The third kappa shape index (κ3) is 3.61. The molecule has 4 heteroatoms. The monoisotopic (exact) mass is 338 g/mol. The molecule has 2 unspecified atom stereocenters. The van der Waals surface area contributed by atoms with Gasteiger partial charge in [0.2, 0.25) is 5.91 Å². The zero-order valence-electron chi connectivity index (χ0n) is 12.2. The van der Waals surface area contributed by atoms with Crippen molar-refractivity contribution in [3.05, 3.63) is 34.3 Å². The molecule has 3 nitrogen and oxygen atoms in total. The molecule has 0 spiro atoms. The molecule has 0 aromatic heterocycles. The average molecular weight is 339 g/mol. The van der Waals surface area contributed by atoms with E-state index in [-0.39, 0.29) is 18.0 Å². The maximum Gasteiger partial charge on any atom is 0.240 e. The van der Waals surface area contributed by atoms with Gasteiger partial charge in [-0.2, -0.15) is 0 Å². The molecule has 0 aliphatic carbocycles. The first-order chi connectivity index (χ1) is 9.63. The number of hydrogen-bond donors (Lipinski definition) is 1. The molecule has 1 aliphatic rings. The number of piperidine rings is 1. The molecule has 20 heavy (non-hydrogen) atoms. The van der Waals surface area contributed by atoms with Crippen LogP contribution in [0.1, 0.15) is 44.7 Å². The second kappa shape index (κ2) is 7.23. The molecule has 0 saturated carbocycles. The molecule has 1 amide bonds. The first-order valence-corrected chi connectivity index (χ1v) is 8.22. The fourth-order valence-corrected chi connectivity index (χ4v) is 2.98. The van der Waals surface area contributed by atoms with Gasteiger partial charge in [0, 0.05) is 11.0 Å². The molecule has 1 heterocycles. The van der Waals surface area contributed by atoms with Gasteiger partial charge in [0.1, 0.15) is 0 Å². The van der Waals surface area contributed by atoms with E-state index in [4.69, 9.17) is 0 Å². The number of rotatable bonds is 5. The zero-order chi connectivity index (χ0) is 14.5. The fraction of sp³-hybridized carbons (Fsp3) is 0.562. The van der Waals surface area contributed by atoms with Crippen LogP contribution in [0, 0.1) is 0 Å². The van der Waals surface area contributed by atoms with Crippen LogP contribution < -0.4 is 5.32 Å². The van der Waals surface area contributed by atoms with Gasteiger partial charge in [-0.25, -0.2) is 0 Å². The van der Waals surface area contributed by atoms with E-state index < -0.39 is 0 Å². The lowest BCUT2D eigenvalue weighted by atomic mass is 9.99. The minimum Gasteiger partial charge on any atom is -0.335 e. The minimum absolute atomic E-state index is 0.00148. The molecule has 2 atom stereocenters. The Morgan fingerprint density at radius 3 is 2.75 bits per heavy atom.